The summed E-state index contributed by atoms with van der Waals surface area (Å²) in [6, 6.07) is 12.0. The van der Waals surface area contributed by atoms with Gasteiger partial charge in [0.15, 0.2) is 5.76 Å². The van der Waals surface area contributed by atoms with E-state index in [1.165, 1.54) is 12.3 Å². The SMILES string of the molecule is O=C(C=Cc1ccc(-c2c(Cl)cccc2Cl)o1)c1ccco1. The molecular formula is C17H10Cl2O3. The van der Waals surface area contributed by atoms with Crippen molar-refractivity contribution in [3.63, 3.8) is 0 Å². The van der Waals surface area contributed by atoms with Crippen LogP contribution in [-0.2, 0) is 0 Å². The average Bonchev–Trinajstić information content (AvgIpc) is 3.16. The summed E-state index contributed by atoms with van der Waals surface area (Å²) in [4.78, 5) is 11.8. The molecule has 0 unspecified atom stereocenters. The molecule has 0 saturated heterocycles. The molecule has 5 heteroatoms. The Balaban J connectivity index is 1.84. The highest BCUT2D eigenvalue weighted by molar-refractivity contribution is 6.39. The Bertz CT molecular complexity index is 809. The van der Waals surface area contributed by atoms with Crippen LogP contribution >= 0.6 is 23.2 Å². The normalized spacial score (nSPS) is 11.2. The highest BCUT2D eigenvalue weighted by Crippen LogP contribution is 2.35. The molecule has 0 spiro atoms. The number of benzene rings is 1. The maximum atomic E-state index is 11.8. The number of halogens is 2. The molecule has 1 aromatic carbocycles. The smallest absolute Gasteiger partial charge is 0.221 e. The van der Waals surface area contributed by atoms with Crippen LogP contribution in [0.4, 0.5) is 0 Å². The van der Waals surface area contributed by atoms with E-state index in [0.717, 1.165) is 0 Å². The van der Waals surface area contributed by atoms with E-state index in [2.05, 4.69) is 0 Å². The second kappa shape index (κ2) is 6.26. The second-order valence-corrected chi connectivity index (χ2v) is 5.29. The minimum Gasteiger partial charge on any atom is -0.461 e. The van der Waals surface area contributed by atoms with Crippen molar-refractivity contribution in [3.05, 3.63) is 76.4 Å². The quantitative estimate of drug-likeness (QED) is 0.451. The molecule has 0 radical (unpaired) electrons. The highest BCUT2D eigenvalue weighted by Gasteiger charge is 2.12. The van der Waals surface area contributed by atoms with Crippen LogP contribution in [0.3, 0.4) is 0 Å². The molecule has 3 rings (SSSR count). The Morgan fingerprint density at radius 2 is 1.77 bits per heavy atom. The van der Waals surface area contributed by atoms with E-state index < -0.39 is 0 Å². The summed E-state index contributed by atoms with van der Waals surface area (Å²) >= 11 is 12.3. The van der Waals surface area contributed by atoms with Gasteiger partial charge in [-0.2, -0.15) is 0 Å². The van der Waals surface area contributed by atoms with Crippen LogP contribution in [0.25, 0.3) is 17.4 Å². The van der Waals surface area contributed by atoms with Gasteiger partial charge in [0.05, 0.1) is 21.9 Å². The summed E-state index contributed by atoms with van der Waals surface area (Å²) in [5, 5.41) is 1.01. The van der Waals surface area contributed by atoms with Crippen LogP contribution in [0, 0.1) is 0 Å². The Labute approximate surface area is 136 Å². The van der Waals surface area contributed by atoms with Crippen LogP contribution in [0.2, 0.25) is 10.0 Å². The number of furan rings is 2. The molecule has 0 aliphatic rings. The molecule has 0 aliphatic carbocycles. The lowest BCUT2D eigenvalue weighted by Gasteiger charge is -2.02. The molecule has 0 aliphatic heterocycles. The monoisotopic (exact) mass is 332 g/mol. The molecule has 3 nitrogen and oxygen atoms in total. The Morgan fingerprint density at radius 3 is 2.45 bits per heavy atom. The number of carbonyl (C=O) groups excluding carboxylic acids is 1. The fourth-order valence-electron chi connectivity index (χ4n) is 1.97. The molecule has 22 heavy (non-hydrogen) atoms. The third-order valence-electron chi connectivity index (χ3n) is 3.00. The molecule has 0 fully saturated rings. The summed E-state index contributed by atoms with van der Waals surface area (Å²) in [5.41, 5.74) is 0.628. The highest BCUT2D eigenvalue weighted by atomic mass is 35.5. The minimum absolute atomic E-state index is 0.237. The van der Waals surface area contributed by atoms with Gasteiger partial charge in [-0.05, 0) is 48.6 Å². The molecule has 0 saturated carbocycles. The lowest BCUT2D eigenvalue weighted by atomic mass is 10.2. The zero-order chi connectivity index (χ0) is 15.5. The second-order valence-electron chi connectivity index (χ2n) is 4.47. The Kier molecular flexibility index (Phi) is 4.18. The van der Waals surface area contributed by atoms with E-state index in [1.807, 2.05) is 0 Å². The van der Waals surface area contributed by atoms with Crippen molar-refractivity contribution >= 4 is 35.1 Å². The van der Waals surface area contributed by atoms with Gasteiger partial charge in [0.25, 0.3) is 0 Å². The van der Waals surface area contributed by atoms with Gasteiger partial charge < -0.3 is 8.83 Å². The maximum absolute atomic E-state index is 11.8. The van der Waals surface area contributed by atoms with E-state index in [9.17, 15) is 4.79 Å². The van der Waals surface area contributed by atoms with Crippen LogP contribution in [0.5, 0.6) is 0 Å². The van der Waals surface area contributed by atoms with Crippen molar-refractivity contribution in [2.45, 2.75) is 0 Å². The van der Waals surface area contributed by atoms with E-state index in [0.29, 0.717) is 27.1 Å². The molecule has 2 heterocycles. The topological polar surface area (TPSA) is 43.4 Å². The standard InChI is InChI=1S/C17H10Cl2O3/c18-12-3-1-4-13(19)17(12)16-9-7-11(22-16)6-8-14(20)15-5-2-10-21-15/h1-10H. The molecule has 110 valence electrons. The maximum Gasteiger partial charge on any atom is 0.221 e. The fourth-order valence-corrected chi connectivity index (χ4v) is 2.55. The van der Waals surface area contributed by atoms with Crippen molar-refractivity contribution in [1.29, 1.82) is 0 Å². The third-order valence-corrected chi connectivity index (χ3v) is 3.63. The van der Waals surface area contributed by atoms with Crippen molar-refractivity contribution in [3.8, 4) is 11.3 Å². The average molecular weight is 333 g/mol. The summed E-state index contributed by atoms with van der Waals surface area (Å²) in [7, 11) is 0. The molecule has 0 amide bonds. The summed E-state index contributed by atoms with van der Waals surface area (Å²) < 4.78 is 10.7. The molecule has 0 atom stereocenters. The van der Waals surface area contributed by atoms with Crippen molar-refractivity contribution in [2.75, 3.05) is 0 Å². The number of carbonyl (C=O) groups is 1. The summed E-state index contributed by atoms with van der Waals surface area (Å²) in [6.07, 6.45) is 4.40. The van der Waals surface area contributed by atoms with Crippen molar-refractivity contribution in [1.82, 2.24) is 0 Å². The lowest BCUT2D eigenvalue weighted by Crippen LogP contribution is -1.89. The fraction of sp³-hybridized carbons (Fsp3) is 0. The number of hydrogen-bond acceptors (Lipinski definition) is 3. The predicted octanol–water partition coefficient (Wildman–Crippen LogP) is 5.74. The number of hydrogen-bond donors (Lipinski definition) is 0. The largest absolute Gasteiger partial charge is 0.461 e. The number of ketones is 1. The minimum atomic E-state index is -0.237. The van der Waals surface area contributed by atoms with Crippen LogP contribution in [0.1, 0.15) is 16.3 Å². The first kappa shape index (κ1) is 14.7. The van der Waals surface area contributed by atoms with Crippen molar-refractivity contribution < 1.29 is 13.6 Å². The van der Waals surface area contributed by atoms with Gasteiger partial charge in [-0.1, -0.05) is 29.3 Å². The molecule has 0 N–H and O–H groups in total. The molecular weight excluding hydrogens is 323 g/mol. The zero-order valence-corrected chi connectivity index (χ0v) is 12.8. The predicted molar refractivity (Wildman–Crippen MR) is 86.2 cm³/mol. The number of rotatable bonds is 4. The lowest BCUT2D eigenvalue weighted by molar-refractivity contribution is 0.102. The third kappa shape index (κ3) is 3.01. The van der Waals surface area contributed by atoms with Crippen LogP contribution in [0.15, 0.2) is 63.6 Å². The molecule has 2 aromatic heterocycles. The Hall–Kier alpha value is -2.23. The van der Waals surface area contributed by atoms with E-state index in [1.54, 1.807) is 48.5 Å². The van der Waals surface area contributed by atoms with E-state index >= 15 is 0 Å². The van der Waals surface area contributed by atoms with Gasteiger partial charge in [0.2, 0.25) is 5.78 Å². The van der Waals surface area contributed by atoms with Crippen LogP contribution in [-0.4, -0.2) is 5.78 Å². The van der Waals surface area contributed by atoms with Gasteiger partial charge >= 0.3 is 0 Å². The van der Waals surface area contributed by atoms with Gasteiger partial charge in [-0.15, -0.1) is 0 Å². The molecule has 3 aromatic rings. The molecule has 0 bridgehead atoms. The first-order chi connectivity index (χ1) is 10.6. The summed E-state index contributed by atoms with van der Waals surface area (Å²) in [6.45, 7) is 0. The van der Waals surface area contributed by atoms with Crippen LogP contribution < -0.4 is 0 Å². The number of allylic oxidation sites excluding steroid dienone is 1. The van der Waals surface area contributed by atoms with Gasteiger partial charge in [-0.25, -0.2) is 0 Å². The Morgan fingerprint density at radius 1 is 1.00 bits per heavy atom. The van der Waals surface area contributed by atoms with Gasteiger partial charge in [-0.3, -0.25) is 4.79 Å². The first-order valence-electron chi connectivity index (χ1n) is 6.45. The first-order valence-corrected chi connectivity index (χ1v) is 7.21. The summed E-state index contributed by atoms with van der Waals surface area (Å²) in [5.74, 6) is 1.10. The van der Waals surface area contributed by atoms with E-state index in [4.69, 9.17) is 32.0 Å². The zero-order valence-electron chi connectivity index (χ0n) is 11.3. The van der Waals surface area contributed by atoms with Crippen molar-refractivity contribution in [2.24, 2.45) is 0 Å². The van der Waals surface area contributed by atoms with E-state index in [-0.39, 0.29) is 11.5 Å². The van der Waals surface area contributed by atoms with Gasteiger partial charge in [0.1, 0.15) is 11.5 Å². The van der Waals surface area contributed by atoms with Gasteiger partial charge in [0, 0.05) is 0 Å².